The summed E-state index contributed by atoms with van der Waals surface area (Å²) in [4.78, 5) is 134. The Balaban J connectivity index is -0.00000446. The highest BCUT2D eigenvalue weighted by atomic mass is 127. The van der Waals surface area contributed by atoms with Gasteiger partial charge >= 0.3 is 59.7 Å². The van der Waals surface area contributed by atoms with E-state index in [1.165, 1.54) is 13.8 Å². The van der Waals surface area contributed by atoms with Crippen molar-refractivity contribution in [1.29, 1.82) is 0 Å². The molecule has 0 radical (unpaired) electrons. The van der Waals surface area contributed by atoms with Crippen LogP contribution in [0, 0.1) is 0 Å². The number of nitrogens with one attached hydrogen (secondary N) is 2. The van der Waals surface area contributed by atoms with Crippen LogP contribution in [-0.4, -0.2) is 285 Å². The Bertz CT molecular complexity index is 1740. The van der Waals surface area contributed by atoms with E-state index >= 15 is 0 Å². The maximum atomic E-state index is 12.4. The third-order valence-corrected chi connectivity index (χ3v) is 12.6. The molecule has 83 heavy (non-hydrogen) atoms. The number of nitrogens with zero attached hydrogens (tertiary/aromatic N) is 6. The van der Waals surface area contributed by atoms with Gasteiger partial charge in [0.1, 0.15) is 13.2 Å². The SMILES string of the molecule is C.C.C.C.C.C.CC(OC(=O)CCN1CCN(CCC(=O)OCOC(=O)CCN2CCNCC2)CC1)C(=O)OCC(=O)OCCOC(=O)COC(=O)C(C)OC(=O)CCN1CCN(CCC(=O)OCOC(=O)CCN2CCNCC2)CC1.I. The number of halogens is 1. The summed E-state index contributed by atoms with van der Waals surface area (Å²) in [6, 6.07) is 0. The first-order valence-corrected chi connectivity index (χ1v) is 26.0. The van der Waals surface area contributed by atoms with Crippen molar-refractivity contribution >= 4 is 83.7 Å². The fourth-order valence-corrected chi connectivity index (χ4v) is 7.95. The molecule has 0 spiro atoms. The molecule has 29 heteroatoms. The molecule has 28 nitrogen and oxygen atoms in total. The molecule has 0 aromatic heterocycles. The molecular weight excluding hydrogens is 1210 g/mol. The van der Waals surface area contributed by atoms with Crippen molar-refractivity contribution in [1.82, 2.24) is 40.0 Å². The summed E-state index contributed by atoms with van der Waals surface area (Å²) in [5, 5.41) is 6.49. The molecular formula is C54H103IN8O20. The van der Waals surface area contributed by atoms with Crippen molar-refractivity contribution in [3.63, 3.8) is 0 Å². The third kappa shape index (κ3) is 38.6. The Kier molecular flexibility index (Phi) is 50.3. The minimum Gasteiger partial charge on any atom is -0.460 e. The van der Waals surface area contributed by atoms with Gasteiger partial charge in [0.15, 0.2) is 25.4 Å². The van der Waals surface area contributed by atoms with Gasteiger partial charge in [-0.25, -0.2) is 19.2 Å². The van der Waals surface area contributed by atoms with Gasteiger partial charge in [-0.1, -0.05) is 44.6 Å². The number of ether oxygens (including phenoxy) is 10. The van der Waals surface area contributed by atoms with Gasteiger partial charge in [-0.2, -0.15) is 0 Å². The Morgan fingerprint density at radius 2 is 0.554 bits per heavy atom. The molecule has 4 aliphatic rings. The topological polar surface area (TPSA) is 306 Å². The second-order valence-corrected chi connectivity index (χ2v) is 18.3. The number of carbonyl (C=O) groups is 10. The smallest absolute Gasteiger partial charge is 0.347 e. The maximum Gasteiger partial charge on any atom is 0.347 e. The average molecular weight is 1310 g/mol. The molecule has 486 valence electrons. The molecule has 0 saturated carbocycles. The van der Waals surface area contributed by atoms with Gasteiger partial charge in [-0.05, 0) is 13.8 Å². The van der Waals surface area contributed by atoms with Crippen molar-refractivity contribution in [2.24, 2.45) is 0 Å². The van der Waals surface area contributed by atoms with E-state index in [9.17, 15) is 47.9 Å². The van der Waals surface area contributed by atoms with Crippen LogP contribution in [0.4, 0.5) is 0 Å². The highest BCUT2D eigenvalue weighted by Crippen LogP contribution is 2.09. The zero-order chi connectivity index (χ0) is 54.9. The van der Waals surface area contributed by atoms with Crippen LogP contribution in [0.3, 0.4) is 0 Å². The fourth-order valence-electron chi connectivity index (χ4n) is 7.95. The number of esters is 10. The van der Waals surface area contributed by atoms with Crippen LogP contribution in [0.25, 0.3) is 0 Å². The number of piperazine rings is 4. The molecule has 0 aromatic rings. The summed E-state index contributed by atoms with van der Waals surface area (Å²) >= 11 is 0. The normalized spacial score (nSPS) is 16.5. The largest absolute Gasteiger partial charge is 0.460 e. The van der Waals surface area contributed by atoms with Crippen LogP contribution in [-0.2, 0) is 95.3 Å². The van der Waals surface area contributed by atoms with Crippen molar-refractivity contribution < 1.29 is 95.3 Å². The summed E-state index contributed by atoms with van der Waals surface area (Å²) < 4.78 is 49.9. The van der Waals surface area contributed by atoms with Crippen LogP contribution < -0.4 is 10.6 Å². The Morgan fingerprint density at radius 1 is 0.325 bits per heavy atom. The monoisotopic (exact) mass is 1310 g/mol. The van der Waals surface area contributed by atoms with E-state index < -0.39 is 112 Å². The van der Waals surface area contributed by atoms with E-state index in [1.807, 2.05) is 9.80 Å². The molecule has 4 fully saturated rings. The number of rotatable bonds is 33. The van der Waals surface area contributed by atoms with E-state index in [2.05, 4.69) is 30.2 Å². The Morgan fingerprint density at radius 3 is 0.807 bits per heavy atom. The summed E-state index contributed by atoms with van der Waals surface area (Å²) in [7, 11) is 0. The molecule has 2 atom stereocenters. The molecule has 4 heterocycles. The quantitative estimate of drug-likeness (QED) is 0.0304. The third-order valence-electron chi connectivity index (χ3n) is 12.6. The van der Waals surface area contributed by atoms with Gasteiger partial charge < -0.3 is 87.4 Å². The van der Waals surface area contributed by atoms with Crippen LogP contribution in [0.2, 0.25) is 0 Å². The van der Waals surface area contributed by atoms with E-state index in [4.69, 9.17) is 47.4 Å². The van der Waals surface area contributed by atoms with Crippen LogP contribution >= 0.6 is 24.0 Å². The lowest BCUT2D eigenvalue weighted by Crippen LogP contribution is -2.47. The van der Waals surface area contributed by atoms with Crippen LogP contribution in [0.5, 0.6) is 0 Å². The van der Waals surface area contributed by atoms with Gasteiger partial charge in [-0.15, -0.1) is 24.0 Å². The van der Waals surface area contributed by atoms with Gasteiger partial charge in [0.05, 0.1) is 38.5 Å². The van der Waals surface area contributed by atoms with E-state index in [0.29, 0.717) is 91.6 Å². The molecule has 2 N–H and O–H groups in total. The van der Waals surface area contributed by atoms with Crippen LogP contribution in [0.1, 0.15) is 96.9 Å². The zero-order valence-electron chi connectivity index (χ0n) is 44.5. The summed E-state index contributed by atoms with van der Waals surface area (Å²) in [5.74, 6) is -6.95. The molecule has 0 bridgehead atoms. The first kappa shape index (κ1) is 84.6. The highest BCUT2D eigenvalue weighted by Gasteiger charge is 2.26. The number of hydrogen-bond acceptors (Lipinski definition) is 28. The highest BCUT2D eigenvalue weighted by molar-refractivity contribution is 14.0. The summed E-state index contributed by atoms with van der Waals surface area (Å²) in [6.45, 7) is 14.4. The lowest BCUT2D eigenvalue weighted by molar-refractivity contribution is -0.173. The Hall–Kier alpha value is -4.89. The zero-order valence-corrected chi connectivity index (χ0v) is 46.8. The van der Waals surface area contributed by atoms with Gasteiger partial charge in [-0.3, -0.25) is 28.8 Å². The summed E-state index contributed by atoms with van der Waals surface area (Å²) in [5.41, 5.74) is 0. The van der Waals surface area contributed by atoms with Crippen molar-refractivity contribution in [3.05, 3.63) is 0 Å². The molecule has 0 aromatic carbocycles. The molecule has 4 saturated heterocycles. The van der Waals surface area contributed by atoms with Crippen molar-refractivity contribution in [2.75, 3.05) is 184 Å². The second kappa shape index (κ2) is 49.4. The van der Waals surface area contributed by atoms with Crippen LogP contribution in [0.15, 0.2) is 0 Å². The van der Waals surface area contributed by atoms with E-state index in [-0.39, 0.29) is 107 Å². The van der Waals surface area contributed by atoms with Gasteiger partial charge in [0, 0.05) is 144 Å². The maximum absolute atomic E-state index is 12.4. The number of hydrogen-bond donors (Lipinski definition) is 2. The van der Waals surface area contributed by atoms with Crippen molar-refractivity contribution in [2.45, 2.75) is 109 Å². The van der Waals surface area contributed by atoms with Gasteiger partial charge in [0.25, 0.3) is 0 Å². The summed E-state index contributed by atoms with van der Waals surface area (Å²) in [6.07, 6.45) is -1.88. The second-order valence-electron chi connectivity index (χ2n) is 18.3. The Labute approximate surface area is 510 Å². The van der Waals surface area contributed by atoms with E-state index in [0.717, 1.165) is 52.4 Å². The first-order valence-electron chi connectivity index (χ1n) is 26.0. The predicted octanol–water partition coefficient (Wildman–Crippen LogP) is 0.931. The van der Waals surface area contributed by atoms with E-state index in [1.54, 1.807) is 0 Å². The average Bonchev–Trinajstić information content (AvgIpc) is 3.42. The van der Waals surface area contributed by atoms with Gasteiger partial charge in [0.2, 0.25) is 13.6 Å². The molecule has 4 aliphatic heterocycles. The lowest BCUT2D eigenvalue weighted by atomic mass is 10.2. The fraction of sp³-hybridized carbons (Fsp3) is 0.815. The minimum absolute atomic E-state index is 0. The standard InChI is InChI=1S/C48H78N8O20.6CH4.HI/c1-37(75-43(61)7-17-55-27-23-53(24-28-55)15-5-41(59)73-35-71-39(57)3-13-51-19-9-49-10-20-51)47(65)69-33-45(63)67-31-32-68-46(64)34-70-48(66)38(2)76-44(62)8-18-56-29-25-54(26-30-56)16-6-42(60)74-36-72-40(58)4-14-52-21-11-50-12-22-52;;;;;;;/h37-38,49-50H,3-36H2,1-2H3;6*1H4;1H. The predicted molar refractivity (Wildman–Crippen MR) is 317 cm³/mol. The minimum atomic E-state index is -1.30. The molecule has 2 unspecified atom stereocenters. The molecule has 0 amide bonds. The molecule has 0 aliphatic carbocycles. The molecule has 4 rings (SSSR count). The lowest BCUT2D eigenvalue weighted by Gasteiger charge is -2.34. The van der Waals surface area contributed by atoms with Crippen molar-refractivity contribution in [3.8, 4) is 0 Å². The number of carbonyl (C=O) groups excluding carboxylic acids is 10. The first-order chi connectivity index (χ1) is 36.6.